The standard InChI is InChI=1S/C52H31BN2Si/c1-2-14-32(15-3-1)35-29-41-39-21-12-20-38-40-28-33-16-4-5-17-34(33)30-44(40)55(51(38)39)53-42-22-13-27-49-52(42)54(45(31-35)50(41)53)43-23-8-11-26-48(43)56(49)46-24-9-6-18-36(46)37-19-7-10-25-47(37)56/h1-31H. The van der Waals surface area contributed by atoms with Gasteiger partial charge in [-0.2, -0.15) is 0 Å². The van der Waals surface area contributed by atoms with E-state index >= 15 is 0 Å². The molecule has 56 heavy (non-hydrogen) atoms. The number of fused-ring (bicyclic) bond motifs is 17. The fourth-order valence-corrected chi connectivity index (χ4v) is 17.0. The first kappa shape index (κ1) is 29.5. The van der Waals surface area contributed by atoms with E-state index in [4.69, 9.17) is 0 Å². The zero-order valence-corrected chi connectivity index (χ0v) is 31.4. The summed E-state index contributed by atoms with van der Waals surface area (Å²) in [6, 6.07) is 72.0. The molecular weight excluding hydrogens is 691 g/mol. The van der Waals surface area contributed by atoms with Crippen molar-refractivity contribution in [3.63, 3.8) is 0 Å². The van der Waals surface area contributed by atoms with Crippen molar-refractivity contribution < 1.29 is 0 Å². The monoisotopic (exact) mass is 722 g/mol. The van der Waals surface area contributed by atoms with Crippen molar-refractivity contribution in [2.45, 2.75) is 0 Å². The molecule has 0 bridgehead atoms. The molecule has 1 spiro atoms. The van der Waals surface area contributed by atoms with Gasteiger partial charge in [-0.05, 0) is 101 Å². The van der Waals surface area contributed by atoms with E-state index in [0.29, 0.717) is 0 Å². The van der Waals surface area contributed by atoms with Crippen molar-refractivity contribution in [3.05, 3.63) is 188 Å². The topological polar surface area (TPSA) is 8.17 Å². The third-order valence-electron chi connectivity index (χ3n) is 13.5. The highest BCUT2D eigenvalue weighted by atomic mass is 28.3. The molecule has 10 aromatic rings. The van der Waals surface area contributed by atoms with Crippen LogP contribution in [0.3, 0.4) is 0 Å². The number of hydrogen-bond donors (Lipinski definition) is 0. The number of hydrogen-bond acceptors (Lipinski definition) is 1. The lowest BCUT2D eigenvalue weighted by Gasteiger charge is -2.49. The molecule has 0 unspecified atom stereocenters. The first-order chi connectivity index (χ1) is 27.8. The molecule has 1 aromatic heterocycles. The Morgan fingerprint density at radius 1 is 0.411 bits per heavy atom. The van der Waals surface area contributed by atoms with Crippen LogP contribution in [0.5, 0.6) is 0 Å². The minimum Gasteiger partial charge on any atom is -0.375 e. The van der Waals surface area contributed by atoms with Gasteiger partial charge in [0.1, 0.15) is 0 Å². The molecule has 0 fully saturated rings. The van der Waals surface area contributed by atoms with E-state index in [1.807, 2.05) is 0 Å². The predicted molar refractivity (Wildman–Crippen MR) is 239 cm³/mol. The third-order valence-corrected chi connectivity index (χ3v) is 18.4. The van der Waals surface area contributed by atoms with E-state index in [1.54, 1.807) is 0 Å². The summed E-state index contributed by atoms with van der Waals surface area (Å²) < 4.78 is 2.72. The molecule has 4 aliphatic heterocycles. The average molecular weight is 723 g/mol. The van der Waals surface area contributed by atoms with Gasteiger partial charge >= 0.3 is 6.85 Å². The van der Waals surface area contributed by atoms with E-state index in [2.05, 4.69) is 197 Å². The van der Waals surface area contributed by atoms with Gasteiger partial charge in [-0.25, -0.2) is 0 Å². The normalized spacial score (nSPS) is 14.5. The molecule has 256 valence electrons. The molecule has 5 heterocycles. The first-order valence-corrected chi connectivity index (χ1v) is 21.7. The highest BCUT2D eigenvalue weighted by Gasteiger charge is 2.56. The summed E-state index contributed by atoms with van der Waals surface area (Å²) in [5, 5.41) is 11.2. The summed E-state index contributed by atoms with van der Waals surface area (Å²) in [5.74, 6) is 0. The molecule has 0 amide bonds. The van der Waals surface area contributed by atoms with Gasteiger partial charge in [-0.1, -0.05) is 158 Å². The second-order valence-electron chi connectivity index (χ2n) is 16.0. The van der Waals surface area contributed by atoms with Crippen molar-refractivity contribution in [2.75, 3.05) is 4.90 Å². The van der Waals surface area contributed by atoms with Crippen LogP contribution in [0.4, 0.5) is 17.1 Å². The van der Waals surface area contributed by atoms with Crippen LogP contribution in [0, 0.1) is 0 Å². The second kappa shape index (κ2) is 10.2. The number of benzene rings is 9. The van der Waals surface area contributed by atoms with E-state index in [0.717, 1.165) is 0 Å². The largest absolute Gasteiger partial charge is 0.375 e. The number of aromatic nitrogens is 1. The first-order valence-electron chi connectivity index (χ1n) is 19.7. The average Bonchev–Trinajstić information content (AvgIpc) is 3.74. The Labute approximate surface area is 325 Å². The van der Waals surface area contributed by atoms with Gasteiger partial charge in [-0.15, -0.1) is 0 Å². The van der Waals surface area contributed by atoms with Gasteiger partial charge in [0.2, 0.25) is 0 Å². The van der Waals surface area contributed by atoms with Crippen LogP contribution < -0.4 is 36.6 Å². The maximum absolute atomic E-state index is 2.75. The molecule has 0 saturated carbocycles. The number of rotatable bonds is 1. The number of para-hydroxylation sites is 3. The second-order valence-corrected chi connectivity index (χ2v) is 19.6. The van der Waals surface area contributed by atoms with E-state index in [1.165, 1.54) is 115 Å². The summed E-state index contributed by atoms with van der Waals surface area (Å²) in [5.41, 5.74) is 17.3. The van der Waals surface area contributed by atoms with E-state index in [9.17, 15) is 0 Å². The van der Waals surface area contributed by atoms with Gasteiger partial charge in [0, 0.05) is 44.4 Å². The summed E-state index contributed by atoms with van der Waals surface area (Å²) in [4.78, 5) is 2.68. The molecule has 0 aliphatic carbocycles. The van der Waals surface area contributed by atoms with Crippen LogP contribution >= 0.6 is 0 Å². The molecule has 2 nitrogen and oxygen atoms in total. The highest BCUT2D eigenvalue weighted by molar-refractivity contribution is 7.24. The van der Waals surface area contributed by atoms with Crippen LogP contribution in [0.15, 0.2) is 188 Å². The fourth-order valence-electron chi connectivity index (χ4n) is 11.5. The molecule has 0 radical (unpaired) electrons. The summed E-state index contributed by atoms with van der Waals surface area (Å²) in [6.45, 7) is -0.00436. The molecule has 0 atom stereocenters. The predicted octanol–water partition coefficient (Wildman–Crippen LogP) is 8.70. The van der Waals surface area contributed by atoms with Crippen LogP contribution in [0.25, 0.3) is 66.0 Å². The van der Waals surface area contributed by atoms with Crippen LogP contribution in [-0.4, -0.2) is 19.4 Å². The summed E-state index contributed by atoms with van der Waals surface area (Å²) in [7, 11) is -2.75. The molecule has 4 aliphatic rings. The Kier molecular flexibility index (Phi) is 5.39. The molecule has 0 saturated heterocycles. The lowest BCUT2D eigenvalue weighted by atomic mass is 9.45. The third kappa shape index (κ3) is 3.34. The van der Waals surface area contributed by atoms with Gasteiger partial charge in [0.15, 0.2) is 8.07 Å². The van der Waals surface area contributed by atoms with Gasteiger partial charge < -0.3 is 9.38 Å². The molecular formula is C52H31BN2Si. The Balaban J connectivity index is 1.19. The summed E-state index contributed by atoms with van der Waals surface area (Å²) in [6.07, 6.45) is 0. The zero-order valence-electron chi connectivity index (χ0n) is 30.4. The number of nitrogens with zero attached hydrogens (tertiary/aromatic N) is 2. The Morgan fingerprint density at radius 3 is 1.86 bits per heavy atom. The Hall–Kier alpha value is -6.88. The Bertz CT molecular complexity index is 3350. The van der Waals surface area contributed by atoms with Gasteiger partial charge in [0.05, 0.1) is 0 Å². The van der Waals surface area contributed by atoms with E-state index < -0.39 is 8.07 Å². The van der Waals surface area contributed by atoms with Crippen LogP contribution in [0.2, 0.25) is 0 Å². The van der Waals surface area contributed by atoms with Crippen LogP contribution in [0.1, 0.15) is 0 Å². The lowest BCUT2D eigenvalue weighted by Crippen LogP contribution is -2.77. The minimum absolute atomic E-state index is 0.00436. The SMILES string of the molecule is c1ccc(-c2cc3c4c(c2)N2c5ccccc5[Si]5(c6ccccc6-c6ccccc65)c5cccc(c52)B4n2c4cc5ccccc5cc4c4cccc-3c42)cc1. The summed E-state index contributed by atoms with van der Waals surface area (Å²) >= 11 is 0. The highest BCUT2D eigenvalue weighted by Crippen LogP contribution is 2.48. The molecule has 0 N–H and O–H groups in total. The minimum atomic E-state index is -2.75. The van der Waals surface area contributed by atoms with Crippen molar-refractivity contribution in [2.24, 2.45) is 0 Å². The quantitative estimate of drug-likeness (QED) is 0.154. The zero-order chi connectivity index (χ0) is 36.3. The van der Waals surface area contributed by atoms with Crippen molar-refractivity contribution in [1.82, 2.24) is 4.48 Å². The Morgan fingerprint density at radius 2 is 1.05 bits per heavy atom. The van der Waals surface area contributed by atoms with Crippen molar-refractivity contribution >= 4 is 96.2 Å². The van der Waals surface area contributed by atoms with Crippen molar-refractivity contribution in [1.29, 1.82) is 0 Å². The van der Waals surface area contributed by atoms with E-state index in [-0.39, 0.29) is 6.85 Å². The van der Waals surface area contributed by atoms with Gasteiger partial charge in [0.25, 0.3) is 0 Å². The van der Waals surface area contributed by atoms with Crippen LogP contribution in [-0.2, 0) is 0 Å². The van der Waals surface area contributed by atoms with Gasteiger partial charge in [-0.3, -0.25) is 0 Å². The lowest BCUT2D eigenvalue weighted by molar-refractivity contribution is 1.26. The fraction of sp³-hybridized carbons (Fsp3) is 0. The maximum atomic E-state index is 2.72. The smallest absolute Gasteiger partial charge is 0.333 e. The maximum Gasteiger partial charge on any atom is 0.333 e. The molecule has 4 heteroatoms. The number of anilines is 3. The molecule has 9 aromatic carbocycles. The van der Waals surface area contributed by atoms with Crippen molar-refractivity contribution in [3.8, 4) is 33.4 Å². The molecule has 14 rings (SSSR count).